The van der Waals surface area contributed by atoms with Crippen LogP contribution < -0.4 is 23.0 Å². The molecule has 0 saturated heterocycles. The Labute approximate surface area is 172 Å². The molecule has 11 nitrogen and oxygen atoms in total. The summed E-state index contributed by atoms with van der Waals surface area (Å²) in [6.45, 7) is 0. The number of nitrogens with one attached hydrogen (secondary N) is 1. The van der Waals surface area contributed by atoms with E-state index < -0.39 is 11.9 Å². The van der Waals surface area contributed by atoms with Gasteiger partial charge in [0.25, 0.3) is 5.91 Å². The van der Waals surface area contributed by atoms with E-state index in [-0.39, 0.29) is 5.48 Å². The lowest BCUT2D eigenvalue weighted by Crippen LogP contribution is -2.30. The number of nitrogen functional groups attached to an aromatic ring is 1. The number of rotatable bonds is 2. The Balaban J connectivity index is -0.000000349. The summed E-state index contributed by atoms with van der Waals surface area (Å²) in [5.41, 5.74) is 2.59. The number of ether oxygens (including phenoxy) is 1. The number of pyridine rings is 2. The average molecular weight is 514 g/mol. The lowest BCUT2D eigenvalue weighted by atomic mass is 10.3. The van der Waals surface area contributed by atoms with Crippen molar-refractivity contribution in [1.29, 1.82) is 0 Å². The number of carbonyl (C=O) groups excluding carboxylic acids is 2. The fourth-order valence-electron chi connectivity index (χ4n) is 1.24. The van der Waals surface area contributed by atoms with Gasteiger partial charge in [-0.3, -0.25) is 21.9 Å². The molecule has 0 spiro atoms. The van der Waals surface area contributed by atoms with Crippen LogP contribution in [0.5, 0.6) is 0 Å². The minimum atomic E-state index is -0.425. The Morgan fingerprint density at radius 3 is 1.78 bits per heavy atom. The molecule has 0 aliphatic rings. The van der Waals surface area contributed by atoms with Crippen LogP contribution in [0.3, 0.4) is 0 Å². The second kappa shape index (κ2) is 18.8. The Morgan fingerprint density at radius 1 is 1.00 bits per heavy atom. The summed E-state index contributed by atoms with van der Waals surface area (Å²) in [5, 5.41) is 7.00. The third-order valence-electron chi connectivity index (χ3n) is 2.19. The first-order chi connectivity index (χ1) is 12.5. The summed E-state index contributed by atoms with van der Waals surface area (Å²) in [6, 6.07) is 10.1. The largest absolute Gasteiger partial charge is 0.464 e. The highest BCUT2D eigenvalue weighted by atomic mass is 79.9. The lowest BCUT2D eigenvalue weighted by Gasteiger charge is -1.97. The minimum absolute atomic E-state index is 0. The molecule has 10 N–H and O–H groups in total. The zero-order valence-electron chi connectivity index (χ0n) is 14.5. The SMILES string of the molecule is CO.COC(=O)c1cccc(Br)n1.NN.NNC(=O)c1cccc(Br)n1.O. The van der Waals surface area contributed by atoms with E-state index in [1.807, 2.05) is 5.43 Å². The van der Waals surface area contributed by atoms with Gasteiger partial charge in [0.1, 0.15) is 20.6 Å². The van der Waals surface area contributed by atoms with Crippen LogP contribution in [0.2, 0.25) is 0 Å². The van der Waals surface area contributed by atoms with Crippen LogP contribution in [0.1, 0.15) is 21.0 Å². The van der Waals surface area contributed by atoms with E-state index in [0.717, 1.165) is 7.11 Å². The van der Waals surface area contributed by atoms with Gasteiger partial charge in [-0.1, -0.05) is 12.1 Å². The molecule has 0 saturated carbocycles. The molecule has 0 aliphatic heterocycles. The Hall–Kier alpha value is -2.00. The van der Waals surface area contributed by atoms with E-state index in [1.165, 1.54) is 7.11 Å². The first kappa shape index (κ1) is 29.8. The molecule has 27 heavy (non-hydrogen) atoms. The Bertz CT molecular complexity index is 620. The number of nitrogens with two attached hydrogens (primary N) is 3. The summed E-state index contributed by atoms with van der Waals surface area (Å²) in [5.74, 6) is 12.1. The summed E-state index contributed by atoms with van der Waals surface area (Å²) in [7, 11) is 2.32. The first-order valence-electron chi connectivity index (χ1n) is 6.60. The third-order valence-corrected chi connectivity index (χ3v) is 3.07. The number of esters is 1. The second-order valence-electron chi connectivity index (χ2n) is 3.66. The van der Waals surface area contributed by atoms with Crippen molar-refractivity contribution >= 4 is 43.7 Å². The van der Waals surface area contributed by atoms with Gasteiger partial charge in [0, 0.05) is 7.11 Å². The van der Waals surface area contributed by atoms with Crippen LogP contribution >= 0.6 is 31.9 Å². The number of aliphatic hydroxyl groups is 1. The molecule has 2 rings (SSSR count). The zero-order chi connectivity index (χ0) is 20.5. The predicted molar refractivity (Wildman–Crippen MR) is 107 cm³/mol. The smallest absolute Gasteiger partial charge is 0.356 e. The maximum atomic E-state index is 10.9. The van der Waals surface area contributed by atoms with Crippen molar-refractivity contribution < 1.29 is 24.9 Å². The molecule has 0 bridgehead atoms. The van der Waals surface area contributed by atoms with Crippen LogP contribution in [0.4, 0.5) is 0 Å². The number of aromatic nitrogens is 2. The molecule has 0 aromatic carbocycles. The molecule has 0 unspecified atom stereocenters. The van der Waals surface area contributed by atoms with Gasteiger partial charge in [0.2, 0.25) is 0 Å². The zero-order valence-corrected chi connectivity index (χ0v) is 17.7. The standard InChI is InChI=1S/C7H6BrNO2.C6H6BrN3O.CH4O.H4N2.H2O/c1-11-7(10)5-3-2-4-6(8)9-5;7-5-3-1-2-4(9-5)6(11)10-8;2*1-2;/h2-4H,1H3;1-3H,8H2,(H,10,11);2H,1H3;1-2H2;1H2. The van der Waals surface area contributed by atoms with E-state index in [1.54, 1.807) is 36.4 Å². The number of amides is 1. The number of hydrazine groups is 2. The van der Waals surface area contributed by atoms with Crippen LogP contribution in [0.15, 0.2) is 45.6 Å². The van der Waals surface area contributed by atoms with Gasteiger partial charge < -0.3 is 15.3 Å². The molecule has 0 radical (unpaired) electrons. The fourth-order valence-corrected chi connectivity index (χ4v) is 1.92. The van der Waals surface area contributed by atoms with E-state index >= 15 is 0 Å². The van der Waals surface area contributed by atoms with Crippen molar-refractivity contribution in [1.82, 2.24) is 15.4 Å². The van der Waals surface area contributed by atoms with Crippen molar-refractivity contribution in [2.24, 2.45) is 17.5 Å². The van der Waals surface area contributed by atoms with Gasteiger partial charge in [0.15, 0.2) is 0 Å². The molecule has 152 valence electrons. The third kappa shape index (κ3) is 12.9. The molecule has 0 fully saturated rings. The first-order valence-corrected chi connectivity index (χ1v) is 8.19. The molecule has 2 aromatic heterocycles. The Morgan fingerprint density at radius 2 is 1.41 bits per heavy atom. The van der Waals surface area contributed by atoms with Crippen LogP contribution in [-0.2, 0) is 4.74 Å². The molecular formula is C14H22Br2N6O5. The highest BCUT2D eigenvalue weighted by molar-refractivity contribution is 9.10. The van der Waals surface area contributed by atoms with Gasteiger partial charge in [-0.2, -0.15) is 0 Å². The number of methoxy groups -OCH3 is 1. The summed E-state index contributed by atoms with van der Waals surface area (Å²) in [4.78, 5) is 29.5. The van der Waals surface area contributed by atoms with Crippen molar-refractivity contribution in [3.8, 4) is 0 Å². The summed E-state index contributed by atoms with van der Waals surface area (Å²) in [6.07, 6.45) is 0. The molecule has 2 heterocycles. The summed E-state index contributed by atoms with van der Waals surface area (Å²) < 4.78 is 5.70. The van der Waals surface area contributed by atoms with Crippen molar-refractivity contribution in [2.75, 3.05) is 14.2 Å². The molecule has 1 amide bonds. The van der Waals surface area contributed by atoms with Crippen molar-refractivity contribution in [3.05, 3.63) is 57.0 Å². The molecule has 0 aliphatic carbocycles. The molecular weight excluding hydrogens is 492 g/mol. The fraction of sp³-hybridized carbons (Fsp3) is 0.143. The van der Waals surface area contributed by atoms with E-state index in [0.29, 0.717) is 20.6 Å². The number of halogens is 2. The number of aliphatic hydroxyl groups excluding tert-OH is 1. The maximum Gasteiger partial charge on any atom is 0.356 e. The summed E-state index contributed by atoms with van der Waals surface area (Å²) >= 11 is 6.27. The number of hydrogen-bond donors (Lipinski definition) is 5. The normalized spacial score (nSPS) is 8.00. The van der Waals surface area contributed by atoms with E-state index in [4.69, 9.17) is 10.9 Å². The van der Waals surface area contributed by atoms with Crippen LogP contribution in [0, 0.1) is 0 Å². The van der Waals surface area contributed by atoms with Crippen molar-refractivity contribution in [2.45, 2.75) is 0 Å². The van der Waals surface area contributed by atoms with E-state index in [2.05, 4.69) is 58.3 Å². The van der Waals surface area contributed by atoms with Crippen LogP contribution in [0.25, 0.3) is 0 Å². The van der Waals surface area contributed by atoms with Gasteiger partial charge in [-0.15, -0.1) is 0 Å². The van der Waals surface area contributed by atoms with Gasteiger partial charge in [-0.05, 0) is 56.1 Å². The quantitative estimate of drug-likeness (QED) is 0.117. The highest BCUT2D eigenvalue weighted by Gasteiger charge is 2.05. The number of hydrogen-bond acceptors (Lipinski definition) is 9. The van der Waals surface area contributed by atoms with E-state index in [9.17, 15) is 9.59 Å². The lowest BCUT2D eigenvalue weighted by molar-refractivity contribution is 0.0593. The maximum absolute atomic E-state index is 10.9. The van der Waals surface area contributed by atoms with Crippen molar-refractivity contribution in [3.63, 3.8) is 0 Å². The monoisotopic (exact) mass is 512 g/mol. The minimum Gasteiger partial charge on any atom is -0.464 e. The molecule has 13 heteroatoms. The Kier molecular flexibility index (Phi) is 20.7. The topological polar surface area (TPSA) is 211 Å². The predicted octanol–water partition coefficient (Wildman–Crippen LogP) is -0.319. The van der Waals surface area contributed by atoms with Gasteiger partial charge in [-0.25, -0.2) is 20.6 Å². The molecule has 2 aromatic rings. The highest BCUT2D eigenvalue weighted by Crippen LogP contribution is 2.06. The number of carbonyl (C=O) groups is 2. The van der Waals surface area contributed by atoms with Crippen LogP contribution in [-0.4, -0.2) is 46.6 Å². The average Bonchev–Trinajstić information content (AvgIpc) is 2.70. The van der Waals surface area contributed by atoms with Gasteiger partial charge in [0.05, 0.1) is 7.11 Å². The second-order valence-corrected chi connectivity index (χ2v) is 5.28. The van der Waals surface area contributed by atoms with Gasteiger partial charge >= 0.3 is 5.97 Å². The molecule has 0 atom stereocenters. The number of nitrogens with zero attached hydrogens (tertiary/aromatic N) is 2.